The molecule has 0 bridgehead atoms. The fourth-order valence-electron chi connectivity index (χ4n) is 3.27. The number of aliphatic imine (C=N–C) groups is 1. The number of para-hydroxylation sites is 1. The third-order valence-electron chi connectivity index (χ3n) is 5.17. The number of hydrogen-bond donors (Lipinski definition) is 0. The smallest absolute Gasteiger partial charge is 0.266 e. The van der Waals surface area contributed by atoms with Gasteiger partial charge in [0.05, 0.1) is 17.7 Å². The fourth-order valence-corrected chi connectivity index (χ4v) is 4.71. The highest BCUT2D eigenvalue weighted by atomic mass is 35.5. The summed E-state index contributed by atoms with van der Waals surface area (Å²) in [5.41, 5.74) is 3.44. The van der Waals surface area contributed by atoms with Gasteiger partial charge in [-0.05, 0) is 55.1 Å². The van der Waals surface area contributed by atoms with E-state index < -0.39 is 0 Å². The molecule has 3 aromatic carbocycles. The highest BCUT2D eigenvalue weighted by molar-refractivity contribution is 8.18. The molecule has 0 saturated carbocycles. The summed E-state index contributed by atoms with van der Waals surface area (Å²) < 4.78 is 11.6. The third kappa shape index (κ3) is 5.41. The van der Waals surface area contributed by atoms with E-state index in [0.717, 1.165) is 16.8 Å². The second-order valence-electron chi connectivity index (χ2n) is 7.61. The van der Waals surface area contributed by atoms with Crippen LogP contribution in [0.5, 0.6) is 11.5 Å². The van der Waals surface area contributed by atoms with Crippen molar-refractivity contribution in [2.75, 3.05) is 14.2 Å². The summed E-state index contributed by atoms with van der Waals surface area (Å²) >= 11 is 13.6. The van der Waals surface area contributed by atoms with Crippen molar-refractivity contribution in [3.8, 4) is 11.5 Å². The number of amidine groups is 1. The molecule has 0 N–H and O–H groups in total. The SMILES string of the molecule is COc1cccc(/C=C2/SC(=Nc3ccc(C)cc3)N(C)C2=O)c1OCc1ccc(Cl)cc1Cl. The average Bonchev–Trinajstić information content (AvgIpc) is 3.08. The monoisotopic (exact) mass is 512 g/mol. The summed E-state index contributed by atoms with van der Waals surface area (Å²) in [7, 11) is 3.29. The van der Waals surface area contributed by atoms with Crippen molar-refractivity contribution in [3.63, 3.8) is 0 Å². The maximum Gasteiger partial charge on any atom is 0.266 e. The number of ether oxygens (including phenoxy) is 2. The molecule has 1 heterocycles. The van der Waals surface area contributed by atoms with Crippen LogP contribution in [0.3, 0.4) is 0 Å². The molecule has 1 aliphatic heterocycles. The molecule has 1 aliphatic rings. The van der Waals surface area contributed by atoms with Gasteiger partial charge in [0, 0.05) is 28.2 Å². The first-order chi connectivity index (χ1) is 16.4. The first-order valence-corrected chi connectivity index (χ1v) is 12.0. The highest BCUT2D eigenvalue weighted by Crippen LogP contribution is 2.38. The molecule has 1 fully saturated rings. The lowest BCUT2D eigenvalue weighted by Crippen LogP contribution is -2.23. The molecule has 0 aliphatic carbocycles. The topological polar surface area (TPSA) is 51.1 Å². The number of rotatable bonds is 6. The van der Waals surface area contributed by atoms with Crippen molar-refractivity contribution in [1.82, 2.24) is 4.90 Å². The van der Waals surface area contributed by atoms with Gasteiger partial charge in [-0.3, -0.25) is 9.69 Å². The maximum absolute atomic E-state index is 12.9. The van der Waals surface area contributed by atoms with E-state index in [4.69, 9.17) is 32.7 Å². The van der Waals surface area contributed by atoms with Crippen molar-refractivity contribution in [1.29, 1.82) is 0 Å². The Hall–Kier alpha value is -2.93. The number of hydrogen-bond acceptors (Lipinski definition) is 5. The summed E-state index contributed by atoms with van der Waals surface area (Å²) in [4.78, 5) is 19.7. The average molecular weight is 513 g/mol. The van der Waals surface area contributed by atoms with Crippen LogP contribution in [-0.4, -0.2) is 30.1 Å². The lowest BCUT2D eigenvalue weighted by molar-refractivity contribution is -0.121. The van der Waals surface area contributed by atoms with Crippen LogP contribution < -0.4 is 9.47 Å². The van der Waals surface area contributed by atoms with E-state index in [1.54, 1.807) is 43.3 Å². The molecule has 3 aromatic rings. The second-order valence-corrected chi connectivity index (χ2v) is 9.46. The van der Waals surface area contributed by atoms with Gasteiger partial charge in [-0.2, -0.15) is 0 Å². The number of likely N-dealkylation sites (N-methyl/N-ethyl adjacent to an activating group) is 1. The van der Waals surface area contributed by atoms with Crippen LogP contribution in [0.25, 0.3) is 6.08 Å². The van der Waals surface area contributed by atoms with Gasteiger partial charge in [-0.25, -0.2) is 4.99 Å². The number of amides is 1. The summed E-state index contributed by atoms with van der Waals surface area (Å²) in [6, 6.07) is 18.6. The second kappa shape index (κ2) is 10.6. The minimum Gasteiger partial charge on any atom is -0.493 e. The quantitative estimate of drug-likeness (QED) is 0.329. The van der Waals surface area contributed by atoms with Gasteiger partial charge >= 0.3 is 0 Å². The molecule has 4 rings (SSSR count). The molecule has 0 unspecified atom stereocenters. The molecular formula is C26H22Cl2N2O3S. The number of methoxy groups -OCH3 is 1. The predicted octanol–water partition coefficient (Wildman–Crippen LogP) is 7.12. The summed E-state index contributed by atoms with van der Waals surface area (Å²) in [6.07, 6.45) is 1.79. The van der Waals surface area contributed by atoms with Crippen LogP contribution in [0.2, 0.25) is 10.0 Å². The zero-order valence-electron chi connectivity index (χ0n) is 18.8. The Balaban J connectivity index is 1.63. The molecule has 0 atom stereocenters. The Morgan fingerprint density at radius 1 is 1.09 bits per heavy atom. The van der Waals surface area contributed by atoms with Crippen LogP contribution in [0.4, 0.5) is 5.69 Å². The zero-order chi connectivity index (χ0) is 24.2. The molecule has 8 heteroatoms. The van der Waals surface area contributed by atoms with Gasteiger partial charge in [0.15, 0.2) is 16.7 Å². The Morgan fingerprint density at radius 3 is 2.56 bits per heavy atom. The van der Waals surface area contributed by atoms with Gasteiger partial charge in [-0.1, -0.05) is 59.1 Å². The minimum atomic E-state index is -0.134. The molecule has 34 heavy (non-hydrogen) atoms. The van der Waals surface area contributed by atoms with Crippen molar-refractivity contribution in [2.45, 2.75) is 13.5 Å². The summed E-state index contributed by atoms with van der Waals surface area (Å²) in [6.45, 7) is 2.24. The maximum atomic E-state index is 12.9. The van der Waals surface area contributed by atoms with Gasteiger partial charge in [0.2, 0.25) is 0 Å². The molecule has 0 aromatic heterocycles. The molecule has 1 saturated heterocycles. The lowest BCUT2D eigenvalue weighted by atomic mass is 10.1. The standard InChI is InChI=1S/C26H22Cl2N2O3S/c1-16-7-11-20(12-8-16)29-26-30(2)25(31)23(34-26)13-17-5-4-6-22(32-3)24(17)33-15-18-9-10-19(27)14-21(18)28/h4-14H,15H2,1-3H3/b23-13+,29-26?. The number of carbonyl (C=O) groups excluding carboxylic acids is 1. The Kier molecular flexibility index (Phi) is 7.51. The van der Waals surface area contributed by atoms with E-state index >= 15 is 0 Å². The van der Waals surface area contributed by atoms with Crippen molar-refractivity contribution in [3.05, 3.63) is 92.3 Å². The van der Waals surface area contributed by atoms with Crippen molar-refractivity contribution >= 4 is 57.8 Å². The molecular weight excluding hydrogens is 491 g/mol. The van der Waals surface area contributed by atoms with E-state index in [-0.39, 0.29) is 12.5 Å². The Labute approximate surface area is 213 Å². The highest BCUT2D eigenvalue weighted by Gasteiger charge is 2.31. The normalized spacial score (nSPS) is 15.9. The van der Waals surface area contributed by atoms with Crippen molar-refractivity contribution in [2.24, 2.45) is 4.99 Å². The number of thioether (sulfide) groups is 1. The fraction of sp³-hybridized carbons (Fsp3) is 0.154. The number of benzene rings is 3. The van der Waals surface area contributed by atoms with Gasteiger partial charge < -0.3 is 9.47 Å². The molecule has 1 amide bonds. The van der Waals surface area contributed by atoms with Crippen LogP contribution in [0, 0.1) is 6.92 Å². The molecule has 5 nitrogen and oxygen atoms in total. The number of carbonyl (C=O) groups is 1. The summed E-state index contributed by atoms with van der Waals surface area (Å²) in [5.74, 6) is 0.936. The Morgan fingerprint density at radius 2 is 1.85 bits per heavy atom. The van der Waals surface area contributed by atoms with Crippen LogP contribution >= 0.6 is 35.0 Å². The third-order valence-corrected chi connectivity index (χ3v) is 6.81. The first-order valence-electron chi connectivity index (χ1n) is 10.4. The number of halogens is 2. The largest absolute Gasteiger partial charge is 0.493 e. The van der Waals surface area contributed by atoms with E-state index in [0.29, 0.717) is 37.2 Å². The predicted molar refractivity (Wildman–Crippen MR) is 140 cm³/mol. The lowest BCUT2D eigenvalue weighted by Gasteiger charge is -2.14. The van der Waals surface area contributed by atoms with E-state index in [9.17, 15) is 4.79 Å². The van der Waals surface area contributed by atoms with Crippen LogP contribution in [0.15, 0.2) is 70.6 Å². The van der Waals surface area contributed by atoms with Crippen LogP contribution in [0.1, 0.15) is 16.7 Å². The van der Waals surface area contributed by atoms with E-state index in [1.807, 2.05) is 49.4 Å². The molecule has 174 valence electrons. The van der Waals surface area contributed by atoms with Gasteiger partial charge in [0.1, 0.15) is 6.61 Å². The van der Waals surface area contributed by atoms with E-state index in [1.165, 1.54) is 11.8 Å². The zero-order valence-corrected chi connectivity index (χ0v) is 21.2. The first kappa shape index (κ1) is 24.2. The number of aryl methyl sites for hydroxylation is 1. The minimum absolute atomic E-state index is 0.134. The van der Waals surface area contributed by atoms with Crippen LogP contribution in [-0.2, 0) is 11.4 Å². The van der Waals surface area contributed by atoms with Gasteiger partial charge in [-0.15, -0.1) is 0 Å². The molecule has 0 spiro atoms. The van der Waals surface area contributed by atoms with E-state index in [2.05, 4.69) is 4.99 Å². The Bertz CT molecular complexity index is 1290. The van der Waals surface area contributed by atoms with Crippen molar-refractivity contribution < 1.29 is 14.3 Å². The summed E-state index contributed by atoms with van der Waals surface area (Å²) in [5, 5.41) is 1.68. The molecule has 0 radical (unpaired) electrons. The number of nitrogens with zero attached hydrogens (tertiary/aromatic N) is 2. The van der Waals surface area contributed by atoms with Gasteiger partial charge in [0.25, 0.3) is 5.91 Å².